The number of aromatic carboxylic acids is 1. The fourth-order valence-corrected chi connectivity index (χ4v) is 3.13. The summed E-state index contributed by atoms with van der Waals surface area (Å²) in [7, 11) is 0. The molecule has 0 atom stereocenters. The fourth-order valence-electron chi connectivity index (χ4n) is 3.13. The minimum Gasteiger partial charge on any atom is -0.478 e. The molecule has 20 heavy (non-hydrogen) atoms. The molecular weight excluding hydrogens is 256 g/mol. The summed E-state index contributed by atoms with van der Waals surface area (Å²) < 4.78 is 1.72. The molecule has 1 heterocycles. The van der Waals surface area contributed by atoms with Gasteiger partial charge in [-0.1, -0.05) is 25.7 Å². The minimum absolute atomic E-state index is 0.152. The molecule has 2 aromatic rings. The van der Waals surface area contributed by atoms with Crippen LogP contribution >= 0.6 is 0 Å². The first kappa shape index (κ1) is 13.0. The van der Waals surface area contributed by atoms with E-state index >= 15 is 0 Å². The first-order valence-electron chi connectivity index (χ1n) is 7.11. The summed E-state index contributed by atoms with van der Waals surface area (Å²) >= 11 is 0. The second-order valence-corrected chi connectivity index (χ2v) is 5.56. The molecule has 1 saturated carbocycles. The summed E-state index contributed by atoms with van der Waals surface area (Å²) in [4.78, 5) is 25.7. The number of hydrogen-bond acceptors (Lipinski definition) is 2. The maximum atomic E-state index is 12.0. The van der Waals surface area contributed by atoms with Gasteiger partial charge in [-0.25, -0.2) is 9.59 Å². The van der Waals surface area contributed by atoms with Crippen LogP contribution in [0.5, 0.6) is 0 Å². The zero-order valence-electron chi connectivity index (χ0n) is 11.3. The number of nitrogens with one attached hydrogen (secondary N) is 1. The number of fused-ring (bicyclic) bond motifs is 1. The summed E-state index contributed by atoms with van der Waals surface area (Å²) in [6, 6.07) is 4.78. The maximum Gasteiger partial charge on any atom is 0.335 e. The quantitative estimate of drug-likeness (QED) is 0.899. The van der Waals surface area contributed by atoms with E-state index in [-0.39, 0.29) is 11.3 Å². The van der Waals surface area contributed by atoms with Crippen LogP contribution in [0.3, 0.4) is 0 Å². The highest BCUT2D eigenvalue weighted by Crippen LogP contribution is 2.28. The molecule has 1 aromatic heterocycles. The summed E-state index contributed by atoms with van der Waals surface area (Å²) in [5, 5.41) is 8.97. The average molecular weight is 274 g/mol. The number of carbonyl (C=O) groups is 1. The van der Waals surface area contributed by atoms with E-state index in [4.69, 9.17) is 5.11 Å². The number of carboxylic acid groups (broad SMARTS) is 1. The molecule has 0 unspecified atom stereocenters. The highest BCUT2D eigenvalue weighted by Gasteiger charge is 2.16. The summed E-state index contributed by atoms with van der Waals surface area (Å²) in [6.07, 6.45) is 6.15. The van der Waals surface area contributed by atoms with Crippen LogP contribution in [-0.2, 0) is 6.54 Å². The molecule has 1 aromatic carbocycles. The normalized spacial score (nSPS) is 16.0. The standard InChI is InChI=1S/C15H18N2O3/c18-14(19)11-5-6-13-12(9-11)16-15(20)17(13)8-7-10-3-1-2-4-10/h5-6,9-10H,1-4,7-8H2,(H,16,20)(H,18,19). The highest BCUT2D eigenvalue weighted by molar-refractivity contribution is 5.92. The zero-order valence-corrected chi connectivity index (χ0v) is 11.3. The Morgan fingerprint density at radius 1 is 1.35 bits per heavy atom. The molecule has 2 N–H and O–H groups in total. The smallest absolute Gasteiger partial charge is 0.335 e. The number of aromatic amines is 1. The predicted octanol–water partition coefficient (Wildman–Crippen LogP) is 2.61. The summed E-state index contributed by atoms with van der Waals surface area (Å²) in [5.41, 5.74) is 1.43. The number of aromatic nitrogens is 2. The van der Waals surface area contributed by atoms with E-state index in [0.717, 1.165) is 17.9 Å². The van der Waals surface area contributed by atoms with Gasteiger partial charge in [0.25, 0.3) is 0 Å². The lowest BCUT2D eigenvalue weighted by Crippen LogP contribution is -2.18. The van der Waals surface area contributed by atoms with Gasteiger partial charge in [0.15, 0.2) is 0 Å². The molecule has 0 radical (unpaired) electrons. The molecule has 1 aliphatic carbocycles. The van der Waals surface area contributed by atoms with Crippen LogP contribution in [0.1, 0.15) is 42.5 Å². The van der Waals surface area contributed by atoms with Gasteiger partial charge in [-0.15, -0.1) is 0 Å². The number of aryl methyl sites for hydroxylation is 1. The van der Waals surface area contributed by atoms with Gasteiger partial charge in [-0.05, 0) is 30.5 Å². The van der Waals surface area contributed by atoms with E-state index in [1.54, 1.807) is 16.7 Å². The fraction of sp³-hybridized carbons (Fsp3) is 0.467. The van der Waals surface area contributed by atoms with E-state index in [1.807, 2.05) is 0 Å². The molecule has 1 aliphatic rings. The number of imidazole rings is 1. The number of H-pyrrole nitrogens is 1. The Morgan fingerprint density at radius 3 is 2.80 bits per heavy atom. The zero-order chi connectivity index (χ0) is 14.1. The predicted molar refractivity (Wildman–Crippen MR) is 76.1 cm³/mol. The summed E-state index contributed by atoms with van der Waals surface area (Å²) in [5.74, 6) is -0.253. The average Bonchev–Trinajstić information content (AvgIpc) is 3.02. The monoisotopic (exact) mass is 274 g/mol. The van der Waals surface area contributed by atoms with E-state index < -0.39 is 5.97 Å². The van der Waals surface area contributed by atoms with Crippen LogP contribution in [-0.4, -0.2) is 20.6 Å². The molecular formula is C15H18N2O3. The van der Waals surface area contributed by atoms with Crippen LogP contribution in [0, 0.1) is 5.92 Å². The Kier molecular flexibility index (Phi) is 3.34. The van der Waals surface area contributed by atoms with Crippen molar-refractivity contribution in [2.24, 2.45) is 5.92 Å². The largest absolute Gasteiger partial charge is 0.478 e. The van der Waals surface area contributed by atoms with Gasteiger partial charge in [-0.3, -0.25) is 4.57 Å². The van der Waals surface area contributed by atoms with Crippen molar-refractivity contribution in [2.75, 3.05) is 0 Å². The number of hydrogen-bond donors (Lipinski definition) is 2. The van der Waals surface area contributed by atoms with Crippen LogP contribution in [0.4, 0.5) is 0 Å². The lowest BCUT2D eigenvalue weighted by Gasteiger charge is -2.09. The molecule has 0 spiro atoms. The van der Waals surface area contributed by atoms with Crippen molar-refractivity contribution in [1.29, 1.82) is 0 Å². The van der Waals surface area contributed by atoms with Gasteiger partial charge < -0.3 is 10.1 Å². The number of nitrogens with zero attached hydrogens (tertiary/aromatic N) is 1. The molecule has 0 aliphatic heterocycles. The van der Waals surface area contributed by atoms with E-state index in [1.165, 1.54) is 31.7 Å². The van der Waals surface area contributed by atoms with Gasteiger partial charge in [0.05, 0.1) is 16.6 Å². The third-order valence-electron chi connectivity index (χ3n) is 4.26. The maximum absolute atomic E-state index is 12.0. The van der Waals surface area contributed by atoms with Crippen molar-refractivity contribution in [1.82, 2.24) is 9.55 Å². The van der Waals surface area contributed by atoms with E-state index in [2.05, 4.69) is 4.98 Å². The Bertz CT molecular complexity index is 693. The van der Waals surface area contributed by atoms with Crippen LogP contribution in [0.2, 0.25) is 0 Å². The van der Waals surface area contributed by atoms with Crippen LogP contribution in [0.25, 0.3) is 11.0 Å². The second-order valence-electron chi connectivity index (χ2n) is 5.56. The molecule has 0 saturated heterocycles. The molecule has 5 heteroatoms. The first-order chi connectivity index (χ1) is 9.65. The van der Waals surface area contributed by atoms with Gasteiger partial charge in [0.2, 0.25) is 0 Å². The lowest BCUT2D eigenvalue weighted by atomic mass is 10.0. The Balaban J connectivity index is 1.88. The SMILES string of the molecule is O=C(O)c1ccc2c(c1)[nH]c(=O)n2CCC1CCCC1. The van der Waals surface area contributed by atoms with Crippen molar-refractivity contribution < 1.29 is 9.90 Å². The van der Waals surface area contributed by atoms with Gasteiger partial charge >= 0.3 is 11.7 Å². The molecule has 5 nitrogen and oxygen atoms in total. The number of rotatable bonds is 4. The lowest BCUT2D eigenvalue weighted by molar-refractivity contribution is 0.0697. The topological polar surface area (TPSA) is 75.1 Å². The Labute approximate surface area is 116 Å². The van der Waals surface area contributed by atoms with Crippen LogP contribution in [0.15, 0.2) is 23.0 Å². The number of carboxylic acids is 1. The Hall–Kier alpha value is -2.04. The molecule has 1 fully saturated rings. The van der Waals surface area contributed by atoms with E-state index in [0.29, 0.717) is 12.1 Å². The minimum atomic E-state index is -0.980. The van der Waals surface area contributed by atoms with Crippen LogP contribution < -0.4 is 5.69 Å². The molecule has 0 bridgehead atoms. The van der Waals surface area contributed by atoms with E-state index in [9.17, 15) is 9.59 Å². The summed E-state index contributed by atoms with van der Waals surface area (Å²) in [6.45, 7) is 0.704. The third-order valence-corrected chi connectivity index (χ3v) is 4.26. The molecule has 0 amide bonds. The third kappa shape index (κ3) is 2.35. The second kappa shape index (κ2) is 5.15. The van der Waals surface area contributed by atoms with Gasteiger partial charge in [0.1, 0.15) is 0 Å². The van der Waals surface area contributed by atoms with Crippen molar-refractivity contribution in [3.63, 3.8) is 0 Å². The van der Waals surface area contributed by atoms with Crippen molar-refractivity contribution in [3.05, 3.63) is 34.2 Å². The Morgan fingerprint density at radius 2 is 2.10 bits per heavy atom. The molecule has 106 valence electrons. The van der Waals surface area contributed by atoms with Crippen molar-refractivity contribution >= 4 is 17.0 Å². The number of benzene rings is 1. The molecule has 3 rings (SSSR count). The first-order valence-corrected chi connectivity index (χ1v) is 7.11. The van der Waals surface area contributed by atoms with Crippen molar-refractivity contribution in [2.45, 2.75) is 38.6 Å². The van der Waals surface area contributed by atoms with Gasteiger partial charge in [0, 0.05) is 6.54 Å². The van der Waals surface area contributed by atoms with Crippen molar-refractivity contribution in [3.8, 4) is 0 Å². The van der Waals surface area contributed by atoms with Gasteiger partial charge in [-0.2, -0.15) is 0 Å². The highest BCUT2D eigenvalue weighted by atomic mass is 16.4.